The lowest BCUT2D eigenvalue weighted by Crippen LogP contribution is -2.20. The van der Waals surface area contributed by atoms with Crippen molar-refractivity contribution in [3.05, 3.63) is 35.5 Å². The molecule has 0 unspecified atom stereocenters. The van der Waals surface area contributed by atoms with Crippen molar-refractivity contribution in [2.75, 3.05) is 6.54 Å². The van der Waals surface area contributed by atoms with Gasteiger partial charge in [0.2, 0.25) is 0 Å². The number of rotatable bonds is 5. The molecule has 0 bridgehead atoms. The second-order valence-corrected chi connectivity index (χ2v) is 6.62. The van der Waals surface area contributed by atoms with Crippen LogP contribution in [0.1, 0.15) is 49.8 Å². The molecule has 1 heterocycles. The van der Waals surface area contributed by atoms with E-state index < -0.39 is 0 Å². The van der Waals surface area contributed by atoms with Gasteiger partial charge in [0.25, 0.3) is 0 Å². The third kappa shape index (κ3) is 3.16. The molecule has 1 aliphatic carbocycles. The summed E-state index contributed by atoms with van der Waals surface area (Å²) in [5.74, 6) is 0.972. The molecule has 1 aromatic heterocycles. The van der Waals surface area contributed by atoms with E-state index in [-0.39, 0.29) is 0 Å². The Kier molecular flexibility index (Phi) is 4.64. The number of aryl methyl sites for hydroxylation is 2. The van der Waals surface area contributed by atoms with Crippen molar-refractivity contribution in [3.8, 4) is 0 Å². The fraction of sp³-hybridized carbons (Fsp3) is 0.579. The van der Waals surface area contributed by atoms with Gasteiger partial charge in [0.05, 0.1) is 0 Å². The van der Waals surface area contributed by atoms with Gasteiger partial charge in [-0.15, -0.1) is 0 Å². The lowest BCUT2D eigenvalue weighted by atomic mass is 9.87. The summed E-state index contributed by atoms with van der Waals surface area (Å²) in [6, 6.07) is 8.71. The van der Waals surface area contributed by atoms with Gasteiger partial charge in [0.1, 0.15) is 0 Å². The smallest absolute Gasteiger partial charge is 0.0483 e. The van der Waals surface area contributed by atoms with Crippen LogP contribution < -0.4 is 5.32 Å². The average Bonchev–Trinajstić information content (AvgIpc) is 2.77. The number of hydrogen-bond donors (Lipinski definition) is 1. The van der Waals surface area contributed by atoms with E-state index in [1.165, 1.54) is 60.7 Å². The van der Waals surface area contributed by atoms with Gasteiger partial charge < -0.3 is 9.88 Å². The predicted molar refractivity (Wildman–Crippen MR) is 90.6 cm³/mol. The molecule has 2 aromatic rings. The highest BCUT2D eigenvalue weighted by Crippen LogP contribution is 2.26. The molecular formula is C19H28N2. The first-order chi connectivity index (χ1) is 10.3. The van der Waals surface area contributed by atoms with E-state index in [9.17, 15) is 0 Å². The lowest BCUT2D eigenvalue weighted by molar-refractivity contribution is 0.333. The predicted octanol–water partition coefficient (Wildman–Crippen LogP) is 4.55. The number of nitrogens with one attached hydrogen (secondary N) is 1. The van der Waals surface area contributed by atoms with Gasteiger partial charge in [-0.1, -0.05) is 50.3 Å². The summed E-state index contributed by atoms with van der Waals surface area (Å²) in [4.78, 5) is 0. The van der Waals surface area contributed by atoms with Gasteiger partial charge in [-0.3, -0.25) is 0 Å². The zero-order chi connectivity index (χ0) is 14.7. The Labute approximate surface area is 128 Å². The number of nitrogens with zero attached hydrogens (tertiary/aromatic N) is 1. The molecule has 1 aromatic carbocycles. The van der Waals surface area contributed by atoms with E-state index in [1.54, 1.807) is 0 Å². The average molecular weight is 284 g/mol. The molecule has 2 nitrogen and oxygen atoms in total. The highest BCUT2D eigenvalue weighted by Gasteiger charge is 2.13. The van der Waals surface area contributed by atoms with Crippen LogP contribution in [0.15, 0.2) is 24.3 Å². The SMILES string of the molecule is Cc1c(CNCCC2CCCCC2)n(C)c2ccccc12. The van der Waals surface area contributed by atoms with Gasteiger partial charge in [0.15, 0.2) is 0 Å². The van der Waals surface area contributed by atoms with E-state index >= 15 is 0 Å². The zero-order valence-electron chi connectivity index (χ0n) is 13.5. The molecule has 2 heteroatoms. The van der Waals surface area contributed by atoms with Crippen LogP contribution in [0, 0.1) is 12.8 Å². The summed E-state index contributed by atoms with van der Waals surface area (Å²) in [5.41, 5.74) is 4.21. The van der Waals surface area contributed by atoms with Crippen LogP contribution in [0.5, 0.6) is 0 Å². The van der Waals surface area contributed by atoms with Gasteiger partial charge >= 0.3 is 0 Å². The summed E-state index contributed by atoms with van der Waals surface area (Å²) < 4.78 is 2.35. The first-order valence-corrected chi connectivity index (χ1v) is 8.51. The molecule has 21 heavy (non-hydrogen) atoms. The molecule has 1 saturated carbocycles. The van der Waals surface area contributed by atoms with Crippen molar-refractivity contribution >= 4 is 10.9 Å². The van der Waals surface area contributed by atoms with E-state index in [0.29, 0.717) is 0 Å². The first-order valence-electron chi connectivity index (χ1n) is 8.51. The molecule has 1 N–H and O–H groups in total. The summed E-state index contributed by atoms with van der Waals surface area (Å²) in [6.07, 6.45) is 8.62. The molecular weight excluding hydrogens is 256 g/mol. The molecule has 0 spiro atoms. The van der Waals surface area contributed by atoms with Crippen molar-refractivity contribution in [2.45, 2.75) is 52.0 Å². The van der Waals surface area contributed by atoms with Crippen molar-refractivity contribution in [1.29, 1.82) is 0 Å². The third-order valence-electron chi connectivity index (χ3n) is 5.25. The monoisotopic (exact) mass is 284 g/mol. The number of benzene rings is 1. The summed E-state index contributed by atoms with van der Waals surface area (Å²) >= 11 is 0. The highest BCUT2D eigenvalue weighted by atomic mass is 15.0. The Bertz CT molecular complexity index is 552. The topological polar surface area (TPSA) is 17.0 Å². The van der Waals surface area contributed by atoms with E-state index in [4.69, 9.17) is 0 Å². The lowest BCUT2D eigenvalue weighted by Gasteiger charge is -2.21. The summed E-state index contributed by atoms with van der Waals surface area (Å²) in [6.45, 7) is 4.40. The standard InChI is InChI=1S/C19H28N2/c1-15-17-10-6-7-11-18(17)21(2)19(15)14-20-13-12-16-8-4-3-5-9-16/h6-7,10-11,16,20H,3-5,8-9,12-14H2,1-2H3. The van der Waals surface area contributed by atoms with Crippen molar-refractivity contribution in [2.24, 2.45) is 13.0 Å². The minimum Gasteiger partial charge on any atom is -0.346 e. The van der Waals surface area contributed by atoms with E-state index in [1.807, 2.05) is 0 Å². The molecule has 0 aliphatic heterocycles. The molecule has 1 fully saturated rings. The highest BCUT2D eigenvalue weighted by molar-refractivity contribution is 5.85. The number of aromatic nitrogens is 1. The Hall–Kier alpha value is -1.28. The quantitative estimate of drug-likeness (QED) is 0.797. The largest absolute Gasteiger partial charge is 0.346 e. The normalized spacial score (nSPS) is 16.7. The van der Waals surface area contributed by atoms with E-state index in [0.717, 1.165) is 19.0 Å². The zero-order valence-corrected chi connectivity index (χ0v) is 13.5. The second kappa shape index (κ2) is 6.65. The number of para-hydroxylation sites is 1. The molecule has 114 valence electrons. The maximum Gasteiger partial charge on any atom is 0.0483 e. The second-order valence-electron chi connectivity index (χ2n) is 6.62. The minimum absolute atomic E-state index is 0.972. The molecule has 0 saturated heterocycles. The van der Waals surface area contributed by atoms with E-state index in [2.05, 4.69) is 48.1 Å². The molecule has 3 rings (SSSR count). The Morgan fingerprint density at radius 2 is 1.90 bits per heavy atom. The Morgan fingerprint density at radius 1 is 1.14 bits per heavy atom. The fourth-order valence-corrected chi connectivity index (χ4v) is 3.88. The minimum atomic E-state index is 0.972. The van der Waals surface area contributed by atoms with Gasteiger partial charge in [0, 0.05) is 30.2 Å². The number of fused-ring (bicyclic) bond motifs is 1. The van der Waals surface area contributed by atoms with Crippen LogP contribution in [-0.2, 0) is 13.6 Å². The van der Waals surface area contributed by atoms with Gasteiger partial charge in [-0.05, 0) is 37.4 Å². The number of hydrogen-bond acceptors (Lipinski definition) is 1. The van der Waals surface area contributed by atoms with Gasteiger partial charge in [-0.2, -0.15) is 0 Å². The van der Waals surface area contributed by atoms with Crippen LogP contribution in [0.3, 0.4) is 0 Å². The fourth-order valence-electron chi connectivity index (χ4n) is 3.88. The van der Waals surface area contributed by atoms with Crippen LogP contribution >= 0.6 is 0 Å². The maximum absolute atomic E-state index is 3.67. The molecule has 0 atom stereocenters. The van der Waals surface area contributed by atoms with Crippen LogP contribution in [0.2, 0.25) is 0 Å². The van der Waals surface area contributed by atoms with Crippen LogP contribution in [-0.4, -0.2) is 11.1 Å². The van der Waals surface area contributed by atoms with Crippen molar-refractivity contribution < 1.29 is 0 Å². The van der Waals surface area contributed by atoms with Gasteiger partial charge in [-0.25, -0.2) is 0 Å². The Morgan fingerprint density at radius 3 is 2.67 bits per heavy atom. The first kappa shape index (κ1) is 14.6. The van der Waals surface area contributed by atoms with Crippen molar-refractivity contribution in [1.82, 2.24) is 9.88 Å². The molecule has 1 aliphatic rings. The summed E-state index contributed by atoms with van der Waals surface area (Å²) in [5, 5.41) is 5.06. The summed E-state index contributed by atoms with van der Waals surface area (Å²) in [7, 11) is 2.19. The molecule has 0 radical (unpaired) electrons. The Balaban J connectivity index is 1.58. The third-order valence-corrected chi connectivity index (χ3v) is 5.25. The van der Waals surface area contributed by atoms with Crippen LogP contribution in [0.4, 0.5) is 0 Å². The van der Waals surface area contributed by atoms with Crippen LogP contribution in [0.25, 0.3) is 10.9 Å². The molecule has 0 amide bonds. The van der Waals surface area contributed by atoms with Crippen molar-refractivity contribution in [3.63, 3.8) is 0 Å². The maximum atomic E-state index is 3.67.